The van der Waals surface area contributed by atoms with Crippen molar-refractivity contribution >= 4 is 0 Å². The molecule has 0 saturated heterocycles. The molecular formula is C18H24NO+. The van der Waals surface area contributed by atoms with Gasteiger partial charge in [0.2, 0.25) is 0 Å². The molecule has 0 atom stereocenters. The maximum Gasteiger partial charge on any atom is 0.169 e. The molecule has 2 heteroatoms. The lowest BCUT2D eigenvalue weighted by Crippen LogP contribution is -2.25. The molecule has 0 spiro atoms. The van der Waals surface area contributed by atoms with Crippen molar-refractivity contribution in [1.29, 1.82) is 0 Å². The van der Waals surface area contributed by atoms with Crippen LogP contribution in [-0.2, 0) is 7.05 Å². The predicted octanol–water partition coefficient (Wildman–Crippen LogP) is 4.13. The fourth-order valence-corrected chi connectivity index (χ4v) is 2.58. The van der Waals surface area contributed by atoms with Gasteiger partial charge in [-0.1, -0.05) is 27.7 Å². The van der Waals surface area contributed by atoms with Crippen LogP contribution in [-0.4, -0.2) is 5.11 Å². The molecular weight excluding hydrogens is 246 g/mol. The normalized spacial score (nSPS) is 11.3. The van der Waals surface area contributed by atoms with Crippen LogP contribution in [0.1, 0.15) is 50.7 Å². The number of pyridine rings is 1. The molecule has 2 rings (SSSR count). The molecule has 0 saturated carbocycles. The lowest BCUT2D eigenvalue weighted by molar-refractivity contribution is -0.671. The highest BCUT2D eigenvalue weighted by Crippen LogP contribution is 2.38. The summed E-state index contributed by atoms with van der Waals surface area (Å²) in [6.45, 7) is 8.69. The number of hydrogen-bond acceptors (Lipinski definition) is 1. The summed E-state index contributed by atoms with van der Waals surface area (Å²) >= 11 is 0. The fourth-order valence-electron chi connectivity index (χ4n) is 2.58. The Kier molecular flexibility index (Phi) is 4.12. The second kappa shape index (κ2) is 5.66. The van der Waals surface area contributed by atoms with Gasteiger partial charge in [0.25, 0.3) is 0 Å². The smallest absolute Gasteiger partial charge is 0.169 e. The van der Waals surface area contributed by atoms with Gasteiger partial charge in [0, 0.05) is 12.1 Å². The Morgan fingerprint density at radius 1 is 0.900 bits per heavy atom. The van der Waals surface area contributed by atoms with Gasteiger partial charge in [-0.15, -0.1) is 0 Å². The van der Waals surface area contributed by atoms with Crippen LogP contribution >= 0.6 is 0 Å². The van der Waals surface area contributed by atoms with Gasteiger partial charge in [-0.05, 0) is 46.2 Å². The Morgan fingerprint density at radius 2 is 1.35 bits per heavy atom. The predicted molar refractivity (Wildman–Crippen MR) is 82.9 cm³/mol. The van der Waals surface area contributed by atoms with Crippen molar-refractivity contribution in [1.82, 2.24) is 0 Å². The highest BCUT2D eigenvalue weighted by atomic mass is 16.3. The lowest BCUT2D eigenvalue weighted by Gasteiger charge is -2.20. The van der Waals surface area contributed by atoms with Gasteiger partial charge in [0.05, 0.1) is 0 Å². The summed E-state index contributed by atoms with van der Waals surface area (Å²) in [7, 11) is 2.02. The largest absolute Gasteiger partial charge is 0.508 e. The second-order valence-corrected chi connectivity index (χ2v) is 6.06. The standard InChI is InChI=1S/C18H23NO/c1-12(2)16-10-15(20)11-17(13(3)4)18(16)14-6-8-19(5)9-7-14/h6-13H,1-5H3/p+1. The monoisotopic (exact) mass is 270 g/mol. The third kappa shape index (κ3) is 2.84. The van der Waals surface area contributed by atoms with Gasteiger partial charge in [-0.3, -0.25) is 0 Å². The van der Waals surface area contributed by atoms with Gasteiger partial charge in [0.1, 0.15) is 12.8 Å². The lowest BCUT2D eigenvalue weighted by atomic mass is 9.85. The van der Waals surface area contributed by atoms with E-state index in [1.54, 1.807) is 0 Å². The first-order valence-corrected chi connectivity index (χ1v) is 7.22. The molecule has 2 nitrogen and oxygen atoms in total. The van der Waals surface area contributed by atoms with E-state index < -0.39 is 0 Å². The van der Waals surface area contributed by atoms with Gasteiger partial charge in [-0.25, -0.2) is 4.57 Å². The Bertz CT molecular complexity index is 568. The number of nitrogens with zero attached hydrogens (tertiary/aromatic N) is 1. The van der Waals surface area contributed by atoms with E-state index in [4.69, 9.17) is 0 Å². The zero-order valence-corrected chi connectivity index (χ0v) is 13.0. The highest BCUT2D eigenvalue weighted by Gasteiger charge is 2.17. The molecule has 1 aromatic carbocycles. The van der Waals surface area contributed by atoms with E-state index in [1.807, 2.05) is 23.7 Å². The van der Waals surface area contributed by atoms with Crippen molar-refractivity contribution in [2.45, 2.75) is 39.5 Å². The van der Waals surface area contributed by atoms with Crippen LogP contribution in [0, 0.1) is 0 Å². The Morgan fingerprint density at radius 3 is 1.75 bits per heavy atom. The van der Waals surface area contributed by atoms with E-state index in [2.05, 4.69) is 52.2 Å². The number of aromatic hydroxyl groups is 1. The molecule has 20 heavy (non-hydrogen) atoms. The Hall–Kier alpha value is -1.83. The van der Waals surface area contributed by atoms with Crippen LogP contribution < -0.4 is 4.57 Å². The van der Waals surface area contributed by atoms with E-state index in [-0.39, 0.29) is 0 Å². The summed E-state index contributed by atoms with van der Waals surface area (Å²) in [6, 6.07) is 8.09. The number of benzene rings is 1. The van der Waals surface area contributed by atoms with E-state index in [0.29, 0.717) is 17.6 Å². The first-order chi connectivity index (χ1) is 9.40. The molecule has 0 radical (unpaired) electrons. The quantitative estimate of drug-likeness (QED) is 0.833. The van der Waals surface area contributed by atoms with E-state index in [9.17, 15) is 5.11 Å². The van der Waals surface area contributed by atoms with Gasteiger partial charge < -0.3 is 5.11 Å². The summed E-state index contributed by atoms with van der Waals surface area (Å²) in [5.74, 6) is 1.12. The minimum atomic E-state index is 0.364. The minimum Gasteiger partial charge on any atom is -0.508 e. The summed E-state index contributed by atoms with van der Waals surface area (Å²) in [4.78, 5) is 0. The van der Waals surface area contributed by atoms with Crippen molar-refractivity contribution in [2.75, 3.05) is 0 Å². The van der Waals surface area contributed by atoms with Crippen LogP contribution in [0.4, 0.5) is 0 Å². The molecule has 1 aromatic heterocycles. The molecule has 0 aliphatic carbocycles. The first-order valence-electron chi connectivity index (χ1n) is 7.22. The molecule has 0 amide bonds. The molecule has 1 N–H and O–H groups in total. The number of aromatic nitrogens is 1. The molecule has 0 fully saturated rings. The van der Waals surface area contributed by atoms with Crippen molar-refractivity contribution in [3.63, 3.8) is 0 Å². The summed E-state index contributed by atoms with van der Waals surface area (Å²) in [6.07, 6.45) is 4.13. The molecule has 106 valence electrons. The van der Waals surface area contributed by atoms with Gasteiger partial charge in [-0.2, -0.15) is 0 Å². The molecule has 2 aromatic rings. The maximum absolute atomic E-state index is 10.0. The van der Waals surface area contributed by atoms with Crippen molar-refractivity contribution in [3.8, 4) is 16.9 Å². The van der Waals surface area contributed by atoms with Crippen LogP contribution in [0.15, 0.2) is 36.7 Å². The van der Waals surface area contributed by atoms with Crippen molar-refractivity contribution in [3.05, 3.63) is 47.8 Å². The van der Waals surface area contributed by atoms with Crippen LogP contribution in [0.2, 0.25) is 0 Å². The van der Waals surface area contributed by atoms with Crippen LogP contribution in [0.25, 0.3) is 11.1 Å². The second-order valence-electron chi connectivity index (χ2n) is 6.06. The SMILES string of the molecule is CC(C)c1cc(O)cc(C(C)C)c1-c1cc[n+](C)cc1. The fraction of sp³-hybridized carbons (Fsp3) is 0.389. The van der Waals surface area contributed by atoms with Gasteiger partial charge >= 0.3 is 0 Å². The zero-order valence-electron chi connectivity index (χ0n) is 13.0. The third-order valence-corrected chi connectivity index (χ3v) is 3.70. The summed E-state index contributed by atoms with van der Waals surface area (Å²) in [5.41, 5.74) is 4.91. The zero-order chi connectivity index (χ0) is 14.9. The Balaban J connectivity index is 2.73. The Labute approximate surface area is 121 Å². The van der Waals surface area contributed by atoms with Crippen molar-refractivity contribution < 1.29 is 9.67 Å². The van der Waals surface area contributed by atoms with E-state index in [1.165, 1.54) is 22.3 Å². The average Bonchev–Trinajstić information content (AvgIpc) is 2.38. The minimum absolute atomic E-state index is 0.364. The number of phenolic OH excluding ortho intramolecular Hbond substituents is 1. The number of phenols is 1. The topological polar surface area (TPSA) is 24.1 Å². The van der Waals surface area contributed by atoms with E-state index >= 15 is 0 Å². The maximum atomic E-state index is 10.0. The van der Waals surface area contributed by atoms with E-state index in [0.717, 1.165) is 0 Å². The molecule has 0 bridgehead atoms. The number of rotatable bonds is 3. The highest BCUT2D eigenvalue weighted by molar-refractivity contribution is 5.73. The first kappa shape index (κ1) is 14.6. The molecule has 0 unspecified atom stereocenters. The molecule has 0 aliphatic rings. The van der Waals surface area contributed by atoms with Gasteiger partial charge in [0.15, 0.2) is 12.4 Å². The third-order valence-electron chi connectivity index (χ3n) is 3.70. The van der Waals surface area contributed by atoms with Crippen LogP contribution in [0.5, 0.6) is 5.75 Å². The number of hydrogen-bond donors (Lipinski definition) is 1. The average molecular weight is 270 g/mol. The molecule has 0 aliphatic heterocycles. The van der Waals surface area contributed by atoms with Crippen LogP contribution in [0.3, 0.4) is 0 Å². The number of aryl methyl sites for hydroxylation is 1. The molecule has 1 heterocycles. The summed E-state index contributed by atoms with van der Waals surface area (Å²) < 4.78 is 2.04. The summed E-state index contributed by atoms with van der Waals surface area (Å²) in [5, 5.41) is 10.0. The van der Waals surface area contributed by atoms with Crippen molar-refractivity contribution in [2.24, 2.45) is 7.05 Å².